The van der Waals surface area contributed by atoms with E-state index in [4.69, 9.17) is 7.16 Å². The molecule has 0 spiro atoms. The molecule has 1 radical (unpaired) electrons. The second kappa shape index (κ2) is 14.0. The van der Waals surface area contributed by atoms with E-state index in [-0.39, 0.29) is 20.1 Å². The Morgan fingerprint density at radius 1 is 0.622 bits per heavy atom. The summed E-state index contributed by atoms with van der Waals surface area (Å²) in [6.07, 6.45) is 1.84. The second-order valence-electron chi connectivity index (χ2n) is 10.0. The van der Waals surface area contributed by atoms with E-state index in [0.29, 0.717) is 22.6 Å². The third-order valence-corrected chi connectivity index (χ3v) is 7.12. The van der Waals surface area contributed by atoms with E-state index in [9.17, 15) is 0 Å². The first-order chi connectivity index (χ1) is 22.6. The molecule has 4 aromatic carbocycles. The van der Waals surface area contributed by atoms with Crippen molar-refractivity contribution in [3.8, 4) is 33.6 Å². The summed E-state index contributed by atoms with van der Waals surface area (Å²) in [5.41, 5.74) is 7.57. The van der Waals surface area contributed by atoms with Crippen LogP contribution >= 0.6 is 0 Å². The molecule has 0 atom stereocenters. The van der Waals surface area contributed by atoms with Gasteiger partial charge in [-0.1, -0.05) is 89.8 Å². The summed E-state index contributed by atoms with van der Waals surface area (Å²) in [6.45, 7) is 0. The number of hydrogen-bond acceptors (Lipinski definition) is 4. The maximum atomic E-state index is 8.65. The molecule has 45 heavy (non-hydrogen) atoms. The number of rotatable bonds is 5. The minimum Gasteiger partial charge on any atom is -0.486 e. The van der Waals surface area contributed by atoms with Gasteiger partial charge in [-0.3, -0.25) is 0 Å². The molecule has 0 amide bonds. The number of pyridine rings is 3. The van der Waals surface area contributed by atoms with Crippen LogP contribution in [0, 0.1) is 12.1 Å². The van der Waals surface area contributed by atoms with Gasteiger partial charge < -0.3 is 14.4 Å². The van der Waals surface area contributed by atoms with Gasteiger partial charge in [-0.05, 0) is 52.3 Å². The van der Waals surface area contributed by atoms with Crippen molar-refractivity contribution < 1.29 is 27.3 Å². The van der Waals surface area contributed by atoms with Crippen molar-refractivity contribution in [2.75, 3.05) is 0 Å². The van der Waals surface area contributed by atoms with Crippen molar-refractivity contribution in [2.45, 2.75) is 6.37 Å². The molecule has 4 heterocycles. The largest absolute Gasteiger partial charge is 0.486 e. The van der Waals surface area contributed by atoms with E-state index in [1.54, 1.807) is 30.6 Å². The van der Waals surface area contributed by atoms with Crippen molar-refractivity contribution in [3.63, 3.8) is 0 Å². The minimum atomic E-state index is -1.74. The van der Waals surface area contributed by atoms with Crippen LogP contribution < -0.4 is 0 Å². The van der Waals surface area contributed by atoms with Crippen molar-refractivity contribution in [1.82, 2.24) is 15.0 Å². The van der Waals surface area contributed by atoms with Crippen LogP contribution in [-0.2, 0) is 26.5 Å². The van der Waals surface area contributed by atoms with Crippen molar-refractivity contribution in [1.29, 1.82) is 0 Å². The Morgan fingerprint density at radius 2 is 1.40 bits per heavy atom. The molecule has 0 bridgehead atoms. The Balaban J connectivity index is 0.000000250. The fraction of sp³-hybridized carbons (Fsp3) is 0.0250. The normalized spacial score (nSPS) is 11.6. The molecular formula is C40H27IrN3O-2. The van der Waals surface area contributed by atoms with Crippen LogP contribution in [0.3, 0.4) is 0 Å². The topological polar surface area (TPSA) is 51.8 Å². The Kier molecular flexibility index (Phi) is 8.53. The summed E-state index contributed by atoms with van der Waals surface area (Å²) in [7, 11) is 0. The van der Waals surface area contributed by atoms with Gasteiger partial charge in [-0.15, -0.1) is 54.1 Å². The van der Waals surface area contributed by atoms with E-state index in [1.165, 1.54) is 0 Å². The quantitative estimate of drug-likeness (QED) is 0.164. The summed E-state index contributed by atoms with van der Waals surface area (Å²) < 4.78 is 23.5. The summed E-state index contributed by atoms with van der Waals surface area (Å²) in [6, 6.07) is 50.7. The zero-order chi connectivity index (χ0) is 31.3. The first kappa shape index (κ1) is 27.3. The summed E-state index contributed by atoms with van der Waals surface area (Å²) in [5, 5.41) is 1.73. The summed E-state index contributed by atoms with van der Waals surface area (Å²) in [4.78, 5) is 13.4. The molecule has 0 saturated heterocycles. The Bertz CT molecular complexity index is 2190. The van der Waals surface area contributed by atoms with Crippen LogP contribution in [0.5, 0.6) is 0 Å². The average molecular weight is 760 g/mol. The van der Waals surface area contributed by atoms with E-state index < -0.39 is 6.37 Å². The molecule has 0 aliphatic heterocycles. The molecule has 4 aromatic heterocycles. The van der Waals surface area contributed by atoms with Crippen LogP contribution in [-0.4, -0.2) is 15.0 Å². The zero-order valence-electron chi connectivity index (χ0n) is 26.0. The molecule has 0 aliphatic carbocycles. The van der Waals surface area contributed by atoms with Gasteiger partial charge in [-0.25, -0.2) is 4.98 Å². The van der Waals surface area contributed by atoms with Crippen molar-refractivity contribution in [2.24, 2.45) is 0 Å². The number of nitrogens with zero attached hydrogens (tertiary/aromatic N) is 3. The van der Waals surface area contributed by atoms with E-state index in [2.05, 4.69) is 39.2 Å². The molecule has 0 aliphatic rings. The fourth-order valence-electron chi connectivity index (χ4n) is 5.00. The maximum absolute atomic E-state index is 8.65. The third kappa shape index (κ3) is 6.81. The second-order valence-corrected chi connectivity index (χ2v) is 10.0. The van der Waals surface area contributed by atoms with Gasteiger partial charge in [0.25, 0.3) is 0 Å². The van der Waals surface area contributed by atoms with Gasteiger partial charge in [0, 0.05) is 52.7 Å². The molecule has 4 nitrogen and oxygen atoms in total. The first-order valence-electron chi connectivity index (χ1n) is 15.3. The van der Waals surface area contributed by atoms with Gasteiger partial charge in [0.05, 0.1) is 5.58 Å². The standard InChI is InChI=1S/C29H19N2O.C11H8N.Ir/c1-3-8-20(9-4-1)18-23-14-15-25-24-12-7-13-26(28(24)32-29(25)31-23)27-19-22(16-17-30-27)21-10-5-2-6-11-21;1-2-6-10(7-3-1)11-8-4-5-9-12-11;/h1-12,14-17,19H,18H2;1-6,8-9H;/q2*-1;/i18D2;;. The molecular weight excluding hydrogens is 731 g/mol. The number of furan rings is 1. The van der Waals surface area contributed by atoms with Crippen LogP contribution in [0.1, 0.15) is 14.0 Å². The van der Waals surface area contributed by atoms with Gasteiger partial charge in [0.15, 0.2) is 0 Å². The predicted molar refractivity (Wildman–Crippen MR) is 177 cm³/mol. The number of benzene rings is 4. The van der Waals surface area contributed by atoms with E-state index in [0.717, 1.165) is 44.4 Å². The Hall–Kier alpha value is -5.22. The number of fused-ring (bicyclic) bond motifs is 3. The molecule has 8 aromatic rings. The van der Waals surface area contributed by atoms with Crippen molar-refractivity contribution >= 4 is 22.1 Å². The first-order valence-corrected chi connectivity index (χ1v) is 14.3. The van der Waals surface area contributed by atoms with Gasteiger partial charge in [0.2, 0.25) is 5.71 Å². The number of aromatic nitrogens is 3. The summed E-state index contributed by atoms with van der Waals surface area (Å²) >= 11 is 0. The third-order valence-electron chi connectivity index (χ3n) is 7.12. The van der Waals surface area contributed by atoms with E-state index in [1.807, 2.05) is 109 Å². The average Bonchev–Trinajstić information content (AvgIpc) is 3.52. The zero-order valence-corrected chi connectivity index (χ0v) is 26.4. The fourth-order valence-corrected chi connectivity index (χ4v) is 5.00. The predicted octanol–water partition coefficient (Wildman–Crippen LogP) is 9.65. The molecule has 0 fully saturated rings. The molecule has 8 rings (SSSR count). The van der Waals surface area contributed by atoms with Gasteiger partial charge >= 0.3 is 0 Å². The monoisotopic (exact) mass is 760 g/mol. The smallest absolute Gasteiger partial charge is 0.216 e. The Morgan fingerprint density at radius 3 is 2.18 bits per heavy atom. The van der Waals surface area contributed by atoms with Crippen LogP contribution in [0.25, 0.3) is 55.7 Å². The Labute approximate surface area is 278 Å². The van der Waals surface area contributed by atoms with Crippen LogP contribution in [0.15, 0.2) is 156 Å². The molecule has 0 N–H and O–H groups in total. The SMILES string of the molecule is [2H]C([2H])(c1ccccc1)c1ccc2c(n1)oc1c(-c3cc(-c4ccccc4)ccn3)[c-]ccc12.[Ir].[c-]1ccccc1-c1ccccn1. The summed E-state index contributed by atoms with van der Waals surface area (Å²) in [5.74, 6) is 0. The van der Waals surface area contributed by atoms with E-state index >= 15 is 0 Å². The minimum absolute atomic E-state index is 0. The molecule has 0 saturated carbocycles. The molecule has 219 valence electrons. The molecule has 0 unspecified atom stereocenters. The maximum Gasteiger partial charge on any atom is 0.216 e. The number of hydrogen-bond donors (Lipinski definition) is 0. The molecule has 5 heteroatoms. The van der Waals surface area contributed by atoms with Crippen LogP contribution in [0.4, 0.5) is 0 Å². The van der Waals surface area contributed by atoms with Crippen molar-refractivity contribution in [3.05, 3.63) is 175 Å². The van der Waals surface area contributed by atoms with Gasteiger partial charge in [-0.2, -0.15) is 0 Å². The van der Waals surface area contributed by atoms with Crippen LogP contribution in [0.2, 0.25) is 0 Å². The van der Waals surface area contributed by atoms with Gasteiger partial charge in [0.1, 0.15) is 0 Å².